The molecule has 3 heterocycles. The van der Waals surface area contributed by atoms with Crippen molar-refractivity contribution < 1.29 is 5.11 Å². The molecule has 0 spiro atoms. The molecule has 0 bridgehead atoms. The van der Waals surface area contributed by atoms with Crippen LogP contribution in [0.3, 0.4) is 0 Å². The Bertz CT molecular complexity index is 899. The van der Waals surface area contributed by atoms with Crippen molar-refractivity contribution in [3.05, 3.63) is 48.4 Å². The van der Waals surface area contributed by atoms with Gasteiger partial charge in [0, 0.05) is 30.9 Å². The summed E-state index contributed by atoms with van der Waals surface area (Å²) in [4.78, 5) is 2.42. The van der Waals surface area contributed by atoms with Gasteiger partial charge in [0.25, 0.3) is 0 Å². The lowest BCUT2D eigenvalue weighted by atomic mass is 10.0. The van der Waals surface area contributed by atoms with Gasteiger partial charge in [0.1, 0.15) is 11.4 Å². The van der Waals surface area contributed by atoms with Gasteiger partial charge in [-0.05, 0) is 50.9 Å². The van der Waals surface area contributed by atoms with Crippen LogP contribution in [-0.2, 0) is 6.54 Å². The second kappa shape index (κ2) is 7.52. The van der Waals surface area contributed by atoms with Gasteiger partial charge in [0.2, 0.25) is 0 Å². The minimum absolute atomic E-state index is 0.317. The molecular formula is C20H26N6O. The molecule has 1 N–H and O–H groups in total. The zero-order valence-electron chi connectivity index (χ0n) is 15.9. The van der Waals surface area contributed by atoms with Crippen LogP contribution in [0.1, 0.15) is 44.3 Å². The number of nitrogens with zero attached hydrogens (tertiary/aromatic N) is 6. The molecule has 7 heteroatoms. The van der Waals surface area contributed by atoms with Gasteiger partial charge in [-0.1, -0.05) is 17.3 Å². The molecule has 0 saturated carbocycles. The highest BCUT2D eigenvalue weighted by Crippen LogP contribution is 2.25. The lowest BCUT2D eigenvalue weighted by molar-refractivity contribution is 0.162. The summed E-state index contributed by atoms with van der Waals surface area (Å²) >= 11 is 0. The van der Waals surface area contributed by atoms with Gasteiger partial charge in [0.05, 0.1) is 18.4 Å². The van der Waals surface area contributed by atoms with Gasteiger partial charge in [-0.15, -0.1) is 5.10 Å². The van der Waals surface area contributed by atoms with Crippen LogP contribution in [0.15, 0.2) is 42.9 Å². The zero-order chi connectivity index (χ0) is 18.8. The second-order valence-corrected chi connectivity index (χ2v) is 7.59. The number of piperidine rings is 1. The number of aromatic hydroxyl groups is 1. The molecule has 1 aliphatic heterocycles. The Labute approximate surface area is 159 Å². The van der Waals surface area contributed by atoms with Gasteiger partial charge in [-0.25, -0.2) is 4.68 Å². The maximum absolute atomic E-state index is 9.67. The first-order valence-corrected chi connectivity index (χ1v) is 9.55. The van der Waals surface area contributed by atoms with Gasteiger partial charge in [-0.2, -0.15) is 5.10 Å². The van der Waals surface area contributed by atoms with Crippen molar-refractivity contribution in [2.45, 2.75) is 45.3 Å². The largest absolute Gasteiger partial charge is 0.508 e. The van der Waals surface area contributed by atoms with Crippen molar-refractivity contribution >= 4 is 0 Å². The molecule has 1 atom stereocenters. The summed E-state index contributed by atoms with van der Waals surface area (Å²) in [6.07, 6.45) is 8.14. The molecule has 0 radical (unpaired) electrons. The third-order valence-corrected chi connectivity index (χ3v) is 5.11. The van der Waals surface area contributed by atoms with E-state index in [4.69, 9.17) is 0 Å². The molecule has 1 saturated heterocycles. The van der Waals surface area contributed by atoms with Crippen molar-refractivity contribution in [1.82, 2.24) is 29.7 Å². The Morgan fingerprint density at radius 2 is 2.15 bits per heavy atom. The average Bonchev–Trinajstić information content (AvgIpc) is 3.32. The van der Waals surface area contributed by atoms with E-state index in [9.17, 15) is 5.11 Å². The molecule has 142 valence electrons. The van der Waals surface area contributed by atoms with E-state index in [0.717, 1.165) is 49.3 Å². The highest BCUT2D eigenvalue weighted by molar-refractivity contribution is 5.55. The number of rotatable bonds is 5. The van der Waals surface area contributed by atoms with Crippen molar-refractivity contribution in [2.24, 2.45) is 0 Å². The van der Waals surface area contributed by atoms with Crippen molar-refractivity contribution in [2.75, 3.05) is 13.1 Å². The van der Waals surface area contributed by atoms with Crippen LogP contribution in [0.4, 0.5) is 0 Å². The van der Waals surface area contributed by atoms with Crippen LogP contribution < -0.4 is 0 Å². The van der Waals surface area contributed by atoms with E-state index >= 15 is 0 Å². The van der Waals surface area contributed by atoms with Gasteiger partial charge in [0.15, 0.2) is 0 Å². The normalized spacial score (nSPS) is 18.3. The predicted molar refractivity (Wildman–Crippen MR) is 103 cm³/mol. The van der Waals surface area contributed by atoms with E-state index in [0.29, 0.717) is 17.8 Å². The highest BCUT2D eigenvalue weighted by Gasteiger charge is 2.23. The Kier molecular flexibility index (Phi) is 4.94. The van der Waals surface area contributed by atoms with Crippen LogP contribution in [0.5, 0.6) is 5.75 Å². The smallest absolute Gasteiger partial charge is 0.116 e. The molecule has 1 fully saturated rings. The molecule has 1 aliphatic rings. The van der Waals surface area contributed by atoms with E-state index in [1.807, 2.05) is 40.1 Å². The van der Waals surface area contributed by atoms with E-state index < -0.39 is 0 Å². The molecule has 1 aromatic carbocycles. The molecule has 0 amide bonds. The lowest BCUT2D eigenvalue weighted by Gasteiger charge is -2.32. The second-order valence-electron chi connectivity index (χ2n) is 7.59. The molecule has 3 aromatic rings. The number of phenolic OH excluding ortho intramolecular Hbond substituents is 1. The fourth-order valence-corrected chi connectivity index (χ4v) is 3.64. The van der Waals surface area contributed by atoms with E-state index in [1.165, 1.54) is 0 Å². The fraction of sp³-hybridized carbons (Fsp3) is 0.450. The number of likely N-dealkylation sites (tertiary alicyclic amines) is 1. The fourth-order valence-electron chi connectivity index (χ4n) is 3.64. The lowest BCUT2D eigenvalue weighted by Crippen LogP contribution is -2.36. The molecule has 0 aliphatic carbocycles. The van der Waals surface area contributed by atoms with Gasteiger partial charge < -0.3 is 5.11 Å². The number of benzene rings is 1. The quantitative estimate of drug-likeness (QED) is 0.750. The monoisotopic (exact) mass is 366 g/mol. The van der Waals surface area contributed by atoms with Crippen molar-refractivity contribution in [3.63, 3.8) is 0 Å². The van der Waals surface area contributed by atoms with E-state index in [1.54, 1.807) is 6.07 Å². The SMILES string of the molecule is CC(C)n1cc(-c2cn([C@H]3CCCN(Cc4cccc(O)c4)C3)nn2)cn1. The first-order chi connectivity index (χ1) is 13.1. The Hall–Kier alpha value is -2.67. The van der Waals surface area contributed by atoms with E-state index in [2.05, 4.69) is 40.2 Å². The average molecular weight is 366 g/mol. The number of aromatic nitrogens is 5. The van der Waals surface area contributed by atoms with Crippen LogP contribution in [0.2, 0.25) is 0 Å². The maximum atomic E-state index is 9.67. The summed E-state index contributed by atoms with van der Waals surface area (Å²) in [5, 5.41) is 22.8. The summed E-state index contributed by atoms with van der Waals surface area (Å²) in [5.41, 5.74) is 3.01. The summed E-state index contributed by atoms with van der Waals surface area (Å²) in [6.45, 7) is 7.06. The molecule has 27 heavy (non-hydrogen) atoms. The van der Waals surface area contributed by atoms with Crippen molar-refractivity contribution in [3.8, 4) is 17.0 Å². The summed E-state index contributed by atoms with van der Waals surface area (Å²) in [5.74, 6) is 0.323. The summed E-state index contributed by atoms with van der Waals surface area (Å²) in [6, 6.07) is 8.15. The van der Waals surface area contributed by atoms with Crippen LogP contribution in [0.25, 0.3) is 11.3 Å². The number of hydrogen-bond donors (Lipinski definition) is 1. The highest BCUT2D eigenvalue weighted by atomic mass is 16.3. The summed E-state index contributed by atoms with van der Waals surface area (Å²) < 4.78 is 3.93. The zero-order valence-corrected chi connectivity index (χ0v) is 15.9. The maximum Gasteiger partial charge on any atom is 0.116 e. The van der Waals surface area contributed by atoms with E-state index in [-0.39, 0.29) is 0 Å². The number of hydrogen-bond acceptors (Lipinski definition) is 5. The number of phenols is 1. The summed E-state index contributed by atoms with van der Waals surface area (Å²) in [7, 11) is 0. The first kappa shape index (κ1) is 17.7. The van der Waals surface area contributed by atoms with Crippen molar-refractivity contribution in [1.29, 1.82) is 0 Å². The minimum Gasteiger partial charge on any atom is -0.508 e. The molecule has 0 unspecified atom stereocenters. The molecular weight excluding hydrogens is 340 g/mol. The van der Waals surface area contributed by atoms with Crippen LogP contribution >= 0.6 is 0 Å². The minimum atomic E-state index is 0.317. The predicted octanol–water partition coefficient (Wildman–Crippen LogP) is 3.27. The first-order valence-electron chi connectivity index (χ1n) is 9.55. The molecule has 2 aromatic heterocycles. The van der Waals surface area contributed by atoms with Crippen LogP contribution in [-0.4, -0.2) is 47.9 Å². The Balaban J connectivity index is 1.44. The third-order valence-electron chi connectivity index (χ3n) is 5.11. The third kappa shape index (κ3) is 4.03. The Morgan fingerprint density at radius 1 is 1.26 bits per heavy atom. The molecule has 4 rings (SSSR count). The van der Waals surface area contributed by atoms with Crippen LogP contribution in [0, 0.1) is 0 Å². The topological polar surface area (TPSA) is 72.0 Å². The Morgan fingerprint density at radius 3 is 2.93 bits per heavy atom. The van der Waals surface area contributed by atoms with Gasteiger partial charge in [-0.3, -0.25) is 9.58 Å². The van der Waals surface area contributed by atoms with Gasteiger partial charge >= 0.3 is 0 Å². The molecule has 7 nitrogen and oxygen atoms in total. The standard InChI is InChI=1S/C20H26N6O/c1-15(2)25-12-17(10-21-25)20-14-26(23-22-20)18-6-4-8-24(13-18)11-16-5-3-7-19(27)9-16/h3,5,7,9-10,12,14-15,18,27H,4,6,8,11,13H2,1-2H3/t18-/m0/s1.